The first-order chi connectivity index (χ1) is 7.72. The van der Waals surface area contributed by atoms with E-state index in [-0.39, 0.29) is 0 Å². The molecule has 0 spiro atoms. The lowest BCUT2D eigenvalue weighted by molar-refractivity contribution is 0.257. The van der Waals surface area contributed by atoms with Gasteiger partial charge in [-0.15, -0.1) is 0 Å². The Hall–Kier alpha value is -0.680. The predicted molar refractivity (Wildman–Crippen MR) is 65.9 cm³/mol. The number of hydrogen-bond donors (Lipinski definition) is 1. The molecule has 0 aromatic carbocycles. The average Bonchev–Trinajstić information content (AvgIpc) is 2.91. The average molecular weight is 238 g/mol. The summed E-state index contributed by atoms with van der Waals surface area (Å²) in [6, 6.07) is 2.15. The lowest BCUT2D eigenvalue weighted by atomic mass is 10.2. The molecule has 2 heterocycles. The Morgan fingerprint density at radius 3 is 2.88 bits per heavy atom. The number of nitrogens with zero attached hydrogens (tertiary/aromatic N) is 3. The number of aromatic nitrogens is 2. The Labute approximate surface area is 100 Å². The van der Waals surface area contributed by atoms with Crippen LogP contribution in [0.4, 0.5) is 5.13 Å². The van der Waals surface area contributed by atoms with Crippen LogP contribution < -0.4 is 5.32 Å². The van der Waals surface area contributed by atoms with Crippen molar-refractivity contribution in [3.8, 4) is 0 Å². The fourth-order valence-electron chi connectivity index (χ4n) is 2.61. The monoisotopic (exact) mass is 238 g/mol. The summed E-state index contributed by atoms with van der Waals surface area (Å²) < 4.78 is 4.20. The molecular weight excluding hydrogens is 220 g/mol. The Balaban J connectivity index is 1.60. The number of hydrogen-bond acceptors (Lipinski definition) is 5. The van der Waals surface area contributed by atoms with Crippen LogP contribution in [0.1, 0.15) is 32.0 Å². The third-order valence-electron chi connectivity index (χ3n) is 3.49. The maximum Gasteiger partial charge on any atom is 0.202 e. The third-order valence-corrected chi connectivity index (χ3v) is 4.23. The number of likely N-dealkylation sites (tertiary alicyclic amines) is 1. The van der Waals surface area contributed by atoms with Crippen LogP contribution in [0.25, 0.3) is 0 Å². The summed E-state index contributed by atoms with van der Waals surface area (Å²) in [4.78, 5) is 7.01. The predicted octanol–water partition coefficient (Wildman–Crippen LogP) is 1.88. The van der Waals surface area contributed by atoms with Gasteiger partial charge in [-0.2, -0.15) is 4.37 Å². The molecule has 2 unspecified atom stereocenters. The third kappa shape index (κ3) is 2.06. The second-order valence-electron chi connectivity index (χ2n) is 5.00. The van der Waals surface area contributed by atoms with Crippen molar-refractivity contribution in [2.45, 2.75) is 51.2 Å². The Kier molecular flexibility index (Phi) is 2.59. The van der Waals surface area contributed by atoms with Crippen LogP contribution in [0, 0.1) is 6.92 Å². The van der Waals surface area contributed by atoms with Crippen LogP contribution in [0.15, 0.2) is 0 Å². The lowest BCUT2D eigenvalue weighted by Crippen LogP contribution is -2.30. The van der Waals surface area contributed by atoms with E-state index in [1.165, 1.54) is 37.3 Å². The highest BCUT2D eigenvalue weighted by molar-refractivity contribution is 7.09. The van der Waals surface area contributed by atoms with Crippen LogP contribution in [0.5, 0.6) is 0 Å². The van der Waals surface area contributed by atoms with Crippen molar-refractivity contribution < 1.29 is 0 Å². The second-order valence-corrected chi connectivity index (χ2v) is 5.75. The standard InChI is InChI=1S/C11H18N4S/c1-7-5-9(6-15(7)10-3-4-10)13-11-12-8(2)14-16-11/h7,9-10H,3-6H2,1-2H3,(H,12,13,14). The molecule has 4 nitrogen and oxygen atoms in total. The summed E-state index contributed by atoms with van der Waals surface area (Å²) in [5.74, 6) is 0.873. The SMILES string of the molecule is Cc1nsc(NC2CC(C)N(C3CC3)C2)n1. The van der Waals surface area contributed by atoms with E-state index in [1.807, 2.05) is 6.92 Å². The number of anilines is 1. The van der Waals surface area contributed by atoms with Crippen LogP contribution >= 0.6 is 11.5 Å². The highest BCUT2D eigenvalue weighted by atomic mass is 32.1. The van der Waals surface area contributed by atoms with Gasteiger partial charge < -0.3 is 5.32 Å². The van der Waals surface area contributed by atoms with E-state index in [0.717, 1.165) is 23.0 Å². The molecule has 3 rings (SSSR count). The van der Waals surface area contributed by atoms with Crippen molar-refractivity contribution >= 4 is 16.7 Å². The normalized spacial score (nSPS) is 30.9. The molecule has 88 valence electrons. The van der Waals surface area contributed by atoms with Gasteiger partial charge in [-0.05, 0) is 33.1 Å². The molecule has 2 aliphatic rings. The van der Waals surface area contributed by atoms with E-state index < -0.39 is 0 Å². The van der Waals surface area contributed by atoms with Gasteiger partial charge in [-0.1, -0.05) is 0 Å². The Morgan fingerprint density at radius 2 is 2.25 bits per heavy atom. The smallest absolute Gasteiger partial charge is 0.202 e. The number of rotatable bonds is 3. The molecular formula is C11H18N4S. The summed E-state index contributed by atoms with van der Waals surface area (Å²) in [6.07, 6.45) is 4.03. The molecule has 2 fully saturated rings. The van der Waals surface area contributed by atoms with Gasteiger partial charge in [0.15, 0.2) is 0 Å². The molecule has 1 aliphatic carbocycles. The molecule has 0 amide bonds. The van der Waals surface area contributed by atoms with Gasteiger partial charge in [0.1, 0.15) is 5.82 Å². The molecule has 2 atom stereocenters. The molecule has 0 radical (unpaired) electrons. The molecule has 1 aromatic rings. The van der Waals surface area contributed by atoms with Crippen molar-refractivity contribution in [1.29, 1.82) is 0 Å². The van der Waals surface area contributed by atoms with Gasteiger partial charge in [0.2, 0.25) is 5.13 Å². The zero-order valence-corrected chi connectivity index (χ0v) is 10.6. The molecule has 0 bridgehead atoms. The first-order valence-electron chi connectivity index (χ1n) is 6.05. The van der Waals surface area contributed by atoms with Crippen molar-refractivity contribution in [3.63, 3.8) is 0 Å². The minimum atomic E-state index is 0.558. The zero-order valence-electron chi connectivity index (χ0n) is 9.81. The van der Waals surface area contributed by atoms with Crippen LogP contribution in [-0.2, 0) is 0 Å². The van der Waals surface area contributed by atoms with Gasteiger partial charge in [-0.3, -0.25) is 4.90 Å². The molecule has 16 heavy (non-hydrogen) atoms. The van der Waals surface area contributed by atoms with Gasteiger partial charge >= 0.3 is 0 Å². The maximum absolute atomic E-state index is 4.36. The van der Waals surface area contributed by atoms with Gasteiger partial charge in [-0.25, -0.2) is 4.98 Å². The molecule has 1 N–H and O–H groups in total. The number of nitrogens with one attached hydrogen (secondary N) is 1. The first kappa shape index (κ1) is 10.5. The molecule has 1 saturated carbocycles. The molecule has 5 heteroatoms. The second kappa shape index (κ2) is 3.96. The summed E-state index contributed by atoms with van der Waals surface area (Å²) >= 11 is 1.47. The fraction of sp³-hybridized carbons (Fsp3) is 0.818. The Bertz CT molecular complexity index is 374. The largest absolute Gasteiger partial charge is 0.356 e. The highest BCUT2D eigenvalue weighted by Gasteiger charge is 2.38. The van der Waals surface area contributed by atoms with E-state index >= 15 is 0 Å². The van der Waals surface area contributed by atoms with Crippen LogP contribution in [0.2, 0.25) is 0 Å². The molecule has 1 aliphatic heterocycles. The Morgan fingerprint density at radius 1 is 1.44 bits per heavy atom. The molecule has 1 aromatic heterocycles. The van der Waals surface area contributed by atoms with Crippen molar-refractivity contribution in [1.82, 2.24) is 14.3 Å². The van der Waals surface area contributed by atoms with Gasteiger partial charge in [0.05, 0.1) is 0 Å². The lowest BCUT2D eigenvalue weighted by Gasteiger charge is -2.19. The van der Waals surface area contributed by atoms with Gasteiger partial charge in [0, 0.05) is 36.2 Å². The maximum atomic E-state index is 4.36. The van der Waals surface area contributed by atoms with E-state index in [0.29, 0.717) is 6.04 Å². The van der Waals surface area contributed by atoms with E-state index in [9.17, 15) is 0 Å². The summed E-state index contributed by atoms with van der Waals surface area (Å²) in [7, 11) is 0. The summed E-state index contributed by atoms with van der Waals surface area (Å²) in [6.45, 7) is 5.45. The fourth-order valence-corrected chi connectivity index (χ4v) is 3.26. The summed E-state index contributed by atoms with van der Waals surface area (Å²) in [5, 5.41) is 4.49. The number of aryl methyl sites for hydroxylation is 1. The van der Waals surface area contributed by atoms with Gasteiger partial charge in [0.25, 0.3) is 0 Å². The van der Waals surface area contributed by atoms with Crippen LogP contribution in [0.3, 0.4) is 0 Å². The summed E-state index contributed by atoms with van der Waals surface area (Å²) in [5.41, 5.74) is 0. The van der Waals surface area contributed by atoms with E-state index in [1.54, 1.807) is 0 Å². The first-order valence-corrected chi connectivity index (χ1v) is 6.82. The topological polar surface area (TPSA) is 41.1 Å². The van der Waals surface area contributed by atoms with Crippen molar-refractivity contribution in [3.05, 3.63) is 5.82 Å². The van der Waals surface area contributed by atoms with Crippen molar-refractivity contribution in [2.75, 3.05) is 11.9 Å². The van der Waals surface area contributed by atoms with Crippen LogP contribution in [-0.4, -0.2) is 38.9 Å². The zero-order chi connectivity index (χ0) is 11.1. The van der Waals surface area contributed by atoms with E-state index in [4.69, 9.17) is 0 Å². The minimum absolute atomic E-state index is 0.558. The minimum Gasteiger partial charge on any atom is -0.356 e. The van der Waals surface area contributed by atoms with Crippen molar-refractivity contribution in [2.24, 2.45) is 0 Å². The quantitative estimate of drug-likeness (QED) is 0.873. The van der Waals surface area contributed by atoms with E-state index in [2.05, 4.69) is 26.5 Å². The highest BCUT2D eigenvalue weighted by Crippen LogP contribution is 2.34. The molecule has 1 saturated heterocycles.